The molecule has 0 aliphatic carbocycles. The summed E-state index contributed by atoms with van der Waals surface area (Å²) in [5.74, 6) is -0.0393. The molecule has 4 heterocycles. The second-order valence-corrected chi connectivity index (χ2v) is 7.64. The van der Waals surface area contributed by atoms with E-state index < -0.39 is 5.82 Å². The van der Waals surface area contributed by atoms with Gasteiger partial charge in [0, 0.05) is 36.7 Å². The Morgan fingerprint density at radius 1 is 0.886 bits per heavy atom. The van der Waals surface area contributed by atoms with E-state index in [9.17, 15) is 4.39 Å². The van der Waals surface area contributed by atoms with Crippen molar-refractivity contribution in [1.82, 2.24) is 24.9 Å². The van der Waals surface area contributed by atoms with Gasteiger partial charge in [0.2, 0.25) is 5.95 Å². The molecule has 11 heteroatoms. The topological polar surface area (TPSA) is 113 Å². The molecule has 1 aromatic carbocycles. The van der Waals surface area contributed by atoms with Crippen LogP contribution < -0.4 is 15.6 Å². The number of nitrogens with zero attached hydrogens (tertiary/aromatic N) is 7. The van der Waals surface area contributed by atoms with Crippen LogP contribution >= 0.6 is 0 Å². The second kappa shape index (κ2) is 10.6. The van der Waals surface area contributed by atoms with E-state index in [1.807, 2.05) is 41.3 Å². The molecule has 3 aromatic heterocycles. The molecule has 10 nitrogen and oxygen atoms in total. The zero-order chi connectivity index (χ0) is 23.9. The van der Waals surface area contributed by atoms with Crippen molar-refractivity contribution in [3.05, 3.63) is 79.0 Å². The maximum Gasteiger partial charge on any atom is 0.245 e. The Morgan fingerprint density at radius 3 is 2.40 bits per heavy atom. The van der Waals surface area contributed by atoms with Crippen molar-refractivity contribution < 1.29 is 9.13 Å². The summed E-state index contributed by atoms with van der Waals surface area (Å²) < 4.78 is 19.4. The largest absolute Gasteiger partial charge is 0.378 e. The average molecular weight is 472 g/mol. The zero-order valence-electron chi connectivity index (χ0n) is 18.7. The van der Waals surface area contributed by atoms with E-state index in [1.54, 1.807) is 24.8 Å². The van der Waals surface area contributed by atoms with Crippen LogP contribution in [0.15, 0.2) is 72.6 Å². The van der Waals surface area contributed by atoms with Crippen molar-refractivity contribution in [2.75, 3.05) is 41.9 Å². The quantitative estimate of drug-likeness (QED) is 0.309. The van der Waals surface area contributed by atoms with Crippen LogP contribution in [0, 0.1) is 5.82 Å². The number of pyridine rings is 1. The lowest BCUT2D eigenvalue weighted by Gasteiger charge is -2.27. The van der Waals surface area contributed by atoms with Crippen LogP contribution in [-0.2, 0) is 4.74 Å². The van der Waals surface area contributed by atoms with Gasteiger partial charge in [-0.1, -0.05) is 12.1 Å². The number of anilines is 4. The highest BCUT2D eigenvalue weighted by Gasteiger charge is 2.17. The van der Waals surface area contributed by atoms with Crippen LogP contribution in [0.1, 0.15) is 5.69 Å². The van der Waals surface area contributed by atoms with Crippen molar-refractivity contribution in [3.63, 3.8) is 0 Å². The third kappa shape index (κ3) is 5.71. The minimum atomic E-state index is -0.477. The van der Waals surface area contributed by atoms with Gasteiger partial charge in [-0.15, -0.1) is 0 Å². The van der Waals surface area contributed by atoms with E-state index in [4.69, 9.17) is 4.74 Å². The number of morpholine rings is 1. The Morgan fingerprint density at radius 2 is 1.66 bits per heavy atom. The predicted molar refractivity (Wildman–Crippen MR) is 131 cm³/mol. The van der Waals surface area contributed by atoms with Crippen LogP contribution in [0.5, 0.6) is 0 Å². The summed E-state index contributed by atoms with van der Waals surface area (Å²) in [5.41, 5.74) is 7.13. The third-order valence-electron chi connectivity index (χ3n) is 5.25. The summed E-state index contributed by atoms with van der Waals surface area (Å²) in [6, 6.07) is 11.7. The highest BCUT2D eigenvalue weighted by Crippen LogP contribution is 2.22. The lowest BCUT2D eigenvalue weighted by atomic mass is 10.1. The van der Waals surface area contributed by atoms with Gasteiger partial charge in [-0.05, 0) is 29.8 Å². The van der Waals surface area contributed by atoms with Crippen molar-refractivity contribution in [1.29, 1.82) is 0 Å². The number of nitrogens with one attached hydrogen (secondary N) is 2. The molecule has 4 aromatic rings. The first-order valence-corrected chi connectivity index (χ1v) is 11.0. The fourth-order valence-corrected chi connectivity index (χ4v) is 3.48. The number of halogens is 1. The number of hydrogen-bond acceptors (Lipinski definition) is 10. The minimum absolute atomic E-state index is 0.202. The molecule has 0 saturated carbocycles. The summed E-state index contributed by atoms with van der Waals surface area (Å²) in [5, 5.41) is 7.43. The molecular formula is C24H22FN9O. The number of hydrazone groups is 1. The van der Waals surface area contributed by atoms with Gasteiger partial charge in [0.15, 0.2) is 11.6 Å². The van der Waals surface area contributed by atoms with Crippen LogP contribution in [0.2, 0.25) is 0 Å². The van der Waals surface area contributed by atoms with Crippen molar-refractivity contribution in [3.8, 4) is 11.1 Å². The minimum Gasteiger partial charge on any atom is -0.378 e. The van der Waals surface area contributed by atoms with E-state index in [-0.39, 0.29) is 11.8 Å². The predicted octanol–water partition coefficient (Wildman–Crippen LogP) is 3.49. The molecule has 1 fully saturated rings. The van der Waals surface area contributed by atoms with Gasteiger partial charge in [0.05, 0.1) is 43.2 Å². The number of benzene rings is 1. The molecule has 2 N–H and O–H groups in total. The summed E-state index contributed by atoms with van der Waals surface area (Å²) >= 11 is 0. The first-order chi connectivity index (χ1) is 17.2. The van der Waals surface area contributed by atoms with Gasteiger partial charge in [0.25, 0.3) is 0 Å². The second-order valence-electron chi connectivity index (χ2n) is 7.64. The molecule has 35 heavy (non-hydrogen) atoms. The Hall–Kier alpha value is -4.51. The van der Waals surface area contributed by atoms with Crippen LogP contribution in [0.4, 0.5) is 27.5 Å². The summed E-state index contributed by atoms with van der Waals surface area (Å²) in [4.78, 5) is 22.5. The molecule has 0 unspecified atom stereocenters. The van der Waals surface area contributed by atoms with Gasteiger partial charge >= 0.3 is 0 Å². The smallest absolute Gasteiger partial charge is 0.245 e. The van der Waals surface area contributed by atoms with E-state index in [2.05, 4.69) is 40.8 Å². The Kier molecular flexibility index (Phi) is 6.76. The van der Waals surface area contributed by atoms with Gasteiger partial charge in [-0.2, -0.15) is 10.1 Å². The molecule has 1 saturated heterocycles. The van der Waals surface area contributed by atoms with Gasteiger partial charge in [-0.3, -0.25) is 4.98 Å². The first-order valence-electron chi connectivity index (χ1n) is 11.0. The molecule has 0 atom stereocenters. The Labute approximate surface area is 201 Å². The zero-order valence-corrected chi connectivity index (χ0v) is 18.7. The lowest BCUT2D eigenvalue weighted by molar-refractivity contribution is 0.122. The number of rotatable bonds is 7. The maximum atomic E-state index is 14.1. The maximum absolute atomic E-state index is 14.1. The fourth-order valence-electron chi connectivity index (χ4n) is 3.48. The van der Waals surface area contributed by atoms with Crippen molar-refractivity contribution >= 4 is 29.4 Å². The molecule has 0 bridgehead atoms. The molecule has 0 amide bonds. The average Bonchev–Trinajstić information content (AvgIpc) is 2.92. The van der Waals surface area contributed by atoms with Crippen molar-refractivity contribution in [2.24, 2.45) is 5.10 Å². The summed E-state index contributed by atoms with van der Waals surface area (Å²) in [7, 11) is 0. The standard InChI is InChI=1S/C24H22FN9O/c25-22-15-29-24(32-23(22)34-7-9-35-10-8-34)33-30-14-20-5-6-21(13-28-20)31-19-3-1-17(2-4-19)18-11-26-16-27-12-18/h1-6,11-16,31H,7-10H2,(H,29,32,33)/b30-14+. The van der Waals surface area contributed by atoms with Gasteiger partial charge in [0.1, 0.15) is 6.33 Å². The molecule has 1 aliphatic heterocycles. The lowest BCUT2D eigenvalue weighted by Crippen LogP contribution is -2.37. The molecule has 5 rings (SSSR count). The van der Waals surface area contributed by atoms with Gasteiger partial charge < -0.3 is 15.0 Å². The molecule has 0 spiro atoms. The van der Waals surface area contributed by atoms with E-state index in [0.717, 1.165) is 28.7 Å². The third-order valence-corrected chi connectivity index (χ3v) is 5.25. The van der Waals surface area contributed by atoms with Crippen LogP contribution in [0.25, 0.3) is 11.1 Å². The van der Waals surface area contributed by atoms with E-state index in [1.165, 1.54) is 6.33 Å². The Bertz CT molecular complexity index is 1280. The van der Waals surface area contributed by atoms with Crippen LogP contribution in [0.3, 0.4) is 0 Å². The fraction of sp³-hybridized carbons (Fsp3) is 0.167. The van der Waals surface area contributed by atoms with E-state index >= 15 is 0 Å². The Balaban J connectivity index is 1.18. The van der Waals surface area contributed by atoms with Crippen LogP contribution in [-0.4, -0.2) is 57.4 Å². The highest BCUT2D eigenvalue weighted by molar-refractivity contribution is 5.78. The molecule has 176 valence electrons. The first kappa shape index (κ1) is 22.3. The summed E-state index contributed by atoms with van der Waals surface area (Å²) in [6.07, 6.45) is 9.46. The molecule has 0 radical (unpaired) electrons. The normalized spacial score (nSPS) is 13.7. The monoisotopic (exact) mass is 471 g/mol. The molecular weight excluding hydrogens is 449 g/mol. The number of hydrogen-bond donors (Lipinski definition) is 2. The number of aromatic nitrogens is 5. The van der Waals surface area contributed by atoms with Crippen molar-refractivity contribution in [2.45, 2.75) is 0 Å². The van der Waals surface area contributed by atoms with E-state index in [0.29, 0.717) is 32.0 Å². The highest BCUT2D eigenvalue weighted by atomic mass is 19.1. The SMILES string of the molecule is Fc1cnc(N/N=C/c2ccc(Nc3ccc(-c4cncnc4)cc3)cn2)nc1N1CCOCC1. The van der Waals surface area contributed by atoms with Gasteiger partial charge in [-0.25, -0.2) is 24.8 Å². The number of ether oxygens (including phenoxy) is 1. The molecule has 1 aliphatic rings. The summed E-state index contributed by atoms with van der Waals surface area (Å²) in [6.45, 7) is 2.23.